The van der Waals surface area contributed by atoms with Gasteiger partial charge >= 0.3 is 6.18 Å². The van der Waals surface area contributed by atoms with E-state index in [-0.39, 0.29) is 0 Å². The molecule has 1 rings (SSSR count). The Bertz CT molecular complexity index is 190. The zero-order valence-electron chi connectivity index (χ0n) is 8.76. The molecule has 1 aliphatic carbocycles. The Balaban J connectivity index is 2.36. The maximum absolute atomic E-state index is 12.2. The minimum absolute atomic E-state index is 0.318. The van der Waals surface area contributed by atoms with Crippen LogP contribution in [0.15, 0.2) is 0 Å². The quantitative estimate of drug-likeness (QED) is 0.752. The average Bonchev–Trinajstić information content (AvgIpc) is 2.16. The van der Waals surface area contributed by atoms with Gasteiger partial charge in [-0.3, -0.25) is 0 Å². The fourth-order valence-corrected chi connectivity index (χ4v) is 2.25. The van der Waals surface area contributed by atoms with E-state index in [4.69, 9.17) is 5.11 Å². The summed E-state index contributed by atoms with van der Waals surface area (Å²) in [6.45, 7) is 0. The average molecular weight is 226 g/mol. The molecule has 1 saturated carbocycles. The van der Waals surface area contributed by atoms with Crippen molar-refractivity contribution in [3.05, 3.63) is 0 Å². The van der Waals surface area contributed by atoms with Gasteiger partial charge in [0.05, 0.1) is 0 Å². The highest BCUT2D eigenvalue weighted by molar-refractivity contribution is 4.77. The summed E-state index contributed by atoms with van der Waals surface area (Å²) < 4.78 is 36.5. The Labute approximate surface area is 87.6 Å². The van der Waals surface area contributed by atoms with Crippen molar-refractivity contribution >= 4 is 0 Å². The number of halogens is 3. The first-order valence-electron chi connectivity index (χ1n) is 5.49. The number of quaternary nitrogens is 1. The van der Waals surface area contributed by atoms with Crippen molar-refractivity contribution in [1.29, 1.82) is 0 Å². The number of aliphatic hydroxyl groups is 1. The summed E-state index contributed by atoms with van der Waals surface area (Å²) in [5.41, 5.74) is 3.43. The van der Waals surface area contributed by atoms with Crippen molar-refractivity contribution in [1.82, 2.24) is 0 Å². The van der Waals surface area contributed by atoms with Gasteiger partial charge in [0.15, 0.2) is 0 Å². The van der Waals surface area contributed by atoms with E-state index in [0.717, 1.165) is 25.7 Å². The molecule has 15 heavy (non-hydrogen) atoms. The summed E-state index contributed by atoms with van der Waals surface area (Å²) >= 11 is 0. The highest BCUT2D eigenvalue weighted by Crippen LogP contribution is 2.29. The van der Waals surface area contributed by atoms with Crippen LogP contribution in [0, 0.1) is 5.92 Å². The Hall–Kier alpha value is -0.290. The minimum Gasteiger partial charge on any atom is -0.379 e. The van der Waals surface area contributed by atoms with Crippen LogP contribution in [-0.4, -0.2) is 23.4 Å². The highest BCUT2D eigenvalue weighted by Gasteiger charge is 2.44. The van der Waals surface area contributed by atoms with Gasteiger partial charge in [-0.25, -0.2) is 0 Å². The molecule has 0 aromatic carbocycles. The van der Waals surface area contributed by atoms with Crippen molar-refractivity contribution in [2.45, 2.75) is 56.8 Å². The molecule has 90 valence electrons. The van der Waals surface area contributed by atoms with Crippen LogP contribution in [0.5, 0.6) is 0 Å². The van der Waals surface area contributed by atoms with Crippen LogP contribution in [0.25, 0.3) is 0 Å². The van der Waals surface area contributed by atoms with E-state index in [1.54, 1.807) is 0 Å². The summed E-state index contributed by atoms with van der Waals surface area (Å²) in [4.78, 5) is 0. The monoisotopic (exact) mass is 226 g/mol. The molecule has 0 radical (unpaired) electrons. The maximum atomic E-state index is 12.2. The van der Waals surface area contributed by atoms with E-state index < -0.39 is 18.3 Å². The van der Waals surface area contributed by atoms with Crippen LogP contribution in [0.1, 0.15) is 38.5 Å². The van der Waals surface area contributed by atoms with E-state index in [9.17, 15) is 13.2 Å². The molecule has 1 fully saturated rings. The van der Waals surface area contributed by atoms with Crippen molar-refractivity contribution in [3.8, 4) is 0 Å². The molecule has 0 aliphatic heterocycles. The SMILES string of the molecule is [NH3+][C@H](CC1CCCCC1)[C@@H](O)C(F)(F)F. The molecule has 0 amide bonds. The zero-order chi connectivity index (χ0) is 11.5. The van der Waals surface area contributed by atoms with Crippen LogP contribution in [-0.2, 0) is 0 Å². The summed E-state index contributed by atoms with van der Waals surface area (Å²) in [5, 5.41) is 9.00. The first-order chi connectivity index (χ1) is 6.91. The lowest BCUT2D eigenvalue weighted by Crippen LogP contribution is -2.69. The van der Waals surface area contributed by atoms with Gasteiger partial charge < -0.3 is 10.8 Å². The Morgan fingerprint density at radius 3 is 2.20 bits per heavy atom. The lowest BCUT2D eigenvalue weighted by Gasteiger charge is -2.25. The van der Waals surface area contributed by atoms with Gasteiger partial charge in [0.25, 0.3) is 0 Å². The summed E-state index contributed by atoms with van der Waals surface area (Å²) in [5.74, 6) is 0.318. The molecule has 4 N–H and O–H groups in total. The predicted octanol–water partition coefficient (Wildman–Crippen LogP) is 1.49. The third kappa shape index (κ3) is 3.99. The second-order valence-corrected chi connectivity index (χ2v) is 4.49. The molecule has 0 aromatic rings. The zero-order valence-corrected chi connectivity index (χ0v) is 8.76. The molecular weight excluding hydrogens is 207 g/mol. The highest BCUT2D eigenvalue weighted by atomic mass is 19.4. The lowest BCUT2D eigenvalue weighted by molar-refractivity contribution is -0.459. The van der Waals surface area contributed by atoms with E-state index in [0.29, 0.717) is 12.3 Å². The van der Waals surface area contributed by atoms with Gasteiger partial charge in [-0.2, -0.15) is 13.2 Å². The van der Waals surface area contributed by atoms with Gasteiger partial charge in [0, 0.05) is 6.42 Å². The molecule has 0 unspecified atom stereocenters. The third-order valence-corrected chi connectivity index (χ3v) is 3.14. The van der Waals surface area contributed by atoms with Crippen molar-refractivity contribution < 1.29 is 24.0 Å². The number of hydrogen-bond donors (Lipinski definition) is 2. The first kappa shape index (κ1) is 12.8. The molecular formula is C10H19F3NO+. The number of hydrogen-bond acceptors (Lipinski definition) is 1. The van der Waals surface area contributed by atoms with Crippen molar-refractivity contribution in [2.75, 3.05) is 0 Å². The standard InChI is InChI=1S/C10H18F3NO/c11-10(12,13)9(15)8(14)6-7-4-2-1-3-5-7/h7-9,15H,1-6,14H2/p+1/t8-,9-/m1/s1. The predicted molar refractivity (Wildman–Crippen MR) is 49.9 cm³/mol. The normalized spacial score (nSPS) is 23.8. The van der Waals surface area contributed by atoms with E-state index in [2.05, 4.69) is 5.73 Å². The summed E-state index contributed by atoms with van der Waals surface area (Å²) in [6.07, 6.45) is -1.06. The van der Waals surface area contributed by atoms with Crippen LogP contribution in [0.2, 0.25) is 0 Å². The Kier molecular flexibility index (Phi) is 4.40. The van der Waals surface area contributed by atoms with Crippen LogP contribution in [0.3, 0.4) is 0 Å². The Morgan fingerprint density at radius 2 is 1.73 bits per heavy atom. The van der Waals surface area contributed by atoms with E-state index in [1.165, 1.54) is 6.42 Å². The summed E-state index contributed by atoms with van der Waals surface area (Å²) in [6, 6.07) is -0.923. The fourth-order valence-electron chi connectivity index (χ4n) is 2.25. The lowest BCUT2D eigenvalue weighted by atomic mass is 9.84. The third-order valence-electron chi connectivity index (χ3n) is 3.14. The fraction of sp³-hybridized carbons (Fsp3) is 1.00. The molecule has 2 atom stereocenters. The molecule has 0 aromatic heterocycles. The largest absolute Gasteiger partial charge is 0.420 e. The van der Waals surface area contributed by atoms with Crippen molar-refractivity contribution in [2.24, 2.45) is 5.92 Å². The first-order valence-corrected chi connectivity index (χ1v) is 5.49. The van der Waals surface area contributed by atoms with Gasteiger partial charge in [0.2, 0.25) is 6.10 Å². The van der Waals surface area contributed by atoms with Crippen LogP contribution >= 0.6 is 0 Å². The second kappa shape index (κ2) is 5.16. The summed E-state index contributed by atoms with van der Waals surface area (Å²) in [7, 11) is 0. The molecule has 2 nitrogen and oxygen atoms in total. The number of rotatable bonds is 3. The molecule has 0 heterocycles. The Morgan fingerprint density at radius 1 is 1.20 bits per heavy atom. The van der Waals surface area contributed by atoms with E-state index >= 15 is 0 Å². The van der Waals surface area contributed by atoms with Gasteiger partial charge in [-0.15, -0.1) is 0 Å². The molecule has 0 saturated heterocycles. The maximum Gasteiger partial charge on any atom is 0.420 e. The van der Waals surface area contributed by atoms with Crippen LogP contribution in [0.4, 0.5) is 13.2 Å². The molecule has 5 heteroatoms. The van der Waals surface area contributed by atoms with Gasteiger partial charge in [-0.1, -0.05) is 32.1 Å². The minimum atomic E-state index is -4.53. The van der Waals surface area contributed by atoms with E-state index in [1.807, 2.05) is 0 Å². The smallest absolute Gasteiger partial charge is 0.379 e. The van der Waals surface area contributed by atoms with Crippen molar-refractivity contribution in [3.63, 3.8) is 0 Å². The molecule has 0 spiro atoms. The second-order valence-electron chi connectivity index (χ2n) is 4.49. The van der Waals surface area contributed by atoms with Crippen LogP contribution < -0.4 is 5.73 Å². The molecule has 0 bridgehead atoms. The topological polar surface area (TPSA) is 47.9 Å². The number of aliphatic hydroxyl groups excluding tert-OH is 1. The molecule has 1 aliphatic rings. The van der Waals surface area contributed by atoms with Gasteiger partial charge in [0.1, 0.15) is 6.04 Å². The number of alkyl halides is 3. The van der Waals surface area contributed by atoms with Gasteiger partial charge in [-0.05, 0) is 5.92 Å².